The SMILES string of the molecule is CC(=O)CCCCCOc1ccc(OCCOCC(=O)O)cc1. The van der Waals surface area contributed by atoms with Gasteiger partial charge in [-0.1, -0.05) is 0 Å². The third-order valence-corrected chi connectivity index (χ3v) is 2.99. The number of ether oxygens (including phenoxy) is 3. The molecule has 0 aliphatic carbocycles. The first-order valence-electron chi connectivity index (χ1n) is 7.72. The molecule has 128 valence electrons. The molecule has 0 bridgehead atoms. The highest BCUT2D eigenvalue weighted by molar-refractivity contribution is 5.75. The fourth-order valence-corrected chi connectivity index (χ4v) is 1.85. The van der Waals surface area contributed by atoms with Crippen molar-refractivity contribution in [3.63, 3.8) is 0 Å². The molecule has 23 heavy (non-hydrogen) atoms. The van der Waals surface area contributed by atoms with Crippen LogP contribution in [0.25, 0.3) is 0 Å². The smallest absolute Gasteiger partial charge is 0.329 e. The third-order valence-electron chi connectivity index (χ3n) is 2.99. The van der Waals surface area contributed by atoms with Crippen LogP contribution < -0.4 is 9.47 Å². The number of ketones is 1. The predicted molar refractivity (Wildman–Crippen MR) is 85.0 cm³/mol. The summed E-state index contributed by atoms with van der Waals surface area (Å²) >= 11 is 0. The Labute approximate surface area is 136 Å². The molecule has 0 saturated carbocycles. The Balaban J connectivity index is 2.10. The van der Waals surface area contributed by atoms with Gasteiger partial charge in [0, 0.05) is 6.42 Å². The molecule has 1 aromatic rings. The number of aliphatic carboxylic acids is 1. The lowest BCUT2D eigenvalue weighted by Gasteiger charge is -2.08. The van der Waals surface area contributed by atoms with Crippen molar-refractivity contribution in [2.75, 3.05) is 26.4 Å². The van der Waals surface area contributed by atoms with Crippen LogP contribution in [-0.2, 0) is 14.3 Å². The van der Waals surface area contributed by atoms with Gasteiger partial charge < -0.3 is 24.1 Å². The van der Waals surface area contributed by atoms with Gasteiger partial charge in [-0.25, -0.2) is 4.79 Å². The monoisotopic (exact) mass is 324 g/mol. The van der Waals surface area contributed by atoms with E-state index < -0.39 is 5.97 Å². The summed E-state index contributed by atoms with van der Waals surface area (Å²) in [5, 5.41) is 8.41. The first-order valence-corrected chi connectivity index (χ1v) is 7.72. The van der Waals surface area contributed by atoms with Gasteiger partial charge in [-0.05, 0) is 50.5 Å². The molecule has 0 atom stereocenters. The Hall–Kier alpha value is -2.08. The molecule has 0 aliphatic heterocycles. The summed E-state index contributed by atoms with van der Waals surface area (Å²) < 4.78 is 15.9. The van der Waals surface area contributed by atoms with Crippen LogP contribution in [-0.4, -0.2) is 43.3 Å². The van der Waals surface area contributed by atoms with Gasteiger partial charge in [0.2, 0.25) is 0 Å². The van der Waals surface area contributed by atoms with Gasteiger partial charge in [0.05, 0.1) is 13.2 Å². The Bertz CT molecular complexity index is 468. The summed E-state index contributed by atoms with van der Waals surface area (Å²) in [6.45, 7) is 2.44. The number of Topliss-reactive ketones (excluding diaryl/α,β-unsaturated/α-hetero) is 1. The number of unbranched alkanes of at least 4 members (excludes halogenated alkanes) is 2. The Morgan fingerprint density at radius 2 is 1.52 bits per heavy atom. The summed E-state index contributed by atoms with van der Waals surface area (Å²) in [6.07, 6.45) is 3.46. The Kier molecular flexibility index (Phi) is 9.47. The van der Waals surface area contributed by atoms with Crippen LogP contribution in [0.3, 0.4) is 0 Å². The summed E-state index contributed by atoms with van der Waals surface area (Å²) in [5.41, 5.74) is 0. The van der Waals surface area contributed by atoms with Gasteiger partial charge in [-0.15, -0.1) is 0 Å². The van der Waals surface area contributed by atoms with Crippen LogP contribution in [0.5, 0.6) is 11.5 Å². The average molecular weight is 324 g/mol. The molecule has 0 radical (unpaired) electrons. The fraction of sp³-hybridized carbons (Fsp3) is 0.529. The van der Waals surface area contributed by atoms with Crippen LogP contribution >= 0.6 is 0 Å². The normalized spacial score (nSPS) is 10.3. The highest BCUT2D eigenvalue weighted by atomic mass is 16.5. The van der Waals surface area contributed by atoms with Crippen molar-refractivity contribution < 1.29 is 28.9 Å². The van der Waals surface area contributed by atoms with E-state index in [9.17, 15) is 9.59 Å². The third kappa shape index (κ3) is 10.3. The largest absolute Gasteiger partial charge is 0.494 e. The first kappa shape index (κ1) is 19.0. The molecule has 0 amide bonds. The van der Waals surface area contributed by atoms with Crippen LogP contribution in [0.4, 0.5) is 0 Å². The molecule has 0 aliphatic rings. The van der Waals surface area contributed by atoms with Crippen molar-refractivity contribution >= 4 is 11.8 Å². The molecule has 6 heteroatoms. The van der Waals surface area contributed by atoms with Crippen molar-refractivity contribution in [2.45, 2.75) is 32.6 Å². The number of hydrogen-bond acceptors (Lipinski definition) is 5. The molecular formula is C17H24O6. The quantitative estimate of drug-likeness (QED) is 0.562. The zero-order chi connectivity index (χ0) is 16.9. The topological polar surface area (TPSA) is 82.1 Å². The van der Waals surface area contributed by atoms with Crippen molar-refractivity contribution in [1.29, 1.82) is 0 Å². The number of carboxylic acids is 1. The van der Waals surface area contributed by atoms with Gasteiger partial charge >= 0.3 is 5.97 Å². The predicted octanol–water partition coefficient (Wildman–Crippen LogP) is 2.69. The average Bonchev–Trinajstić information content (AvgIpc) is 2.51. The van der Waals surface area contributed by atoms with Gasteiger partial charge in [0.15, 0.2) is 0 Å². The molecule has 1 rings (SSSR count). The van der Waals surface area contributed by atoms with E-state index in [2.05, 4.69) is 0 Å². The number of hydrogen-bond donors (Lipinski definition) is 1. The molecular weight excluding hydrogens is 300 g/mol. The molecule has 1 N–H and O–H groups in total. The molecule has 0 spiro atoms. The van der Waals surface area contributed by atoms with Gasteiger partial charge in [0.1, 0.15) is 30.5 Å². The Morgan fingerprint density at radius 3 is 2.09 bits per heavy atom. The number of carbonyl (C=O) groups is 2. The number of carbonyl (C=O) groups excluding carboxylic acids is 1. The highest BCUT2D eigenvalue weighted by Crippen LogP contribution is 2.18. The maximum atomic E-state index is 10.8. The number of benzene rings is 1. The van der Waals surface area contributed by atoms with E-state index in [0.717, 1.165) is 25.0 Å². The van der Waals surface area contributed by atoms with Crippen LogP contribution in [0.1, 0.15) is 32.6 Å². The molecule has 0 aromatic heterocycles. The molecule has 6 nitrogen and oxygen atoms in total. The zero-order valence-corrected chi connectivity index (χ0v) is 13.5. The first-order chi connectivity index (χ1) is 11.1. The molecule has 0 unspecified atom stereocenters. The molecule has 0 saturated heterocycles. The standard InChI is InChI=1S/C17H24O6/c1-14(18)5-3-2-4-10-22-15-6-8-16(9-7-15)23-12-11-21-13-17(19)20/h6-9H,2-5,10-13H2,1H3,(H,19,20). The van der Waals surface area contributed by atoms with Crippen LogP contribution in [0.15, 0.2) is 24.3 Å². The summed E-state index contributed by atoms with van der Waals surface area (Å²) in [6, 6.07) is 7.23. The van der Waals surface area contributed by atoms with Gasteiger partial charge in [-0.3, -0.25) is 0 Å². The van der Waals surface area contributed by atoms with E-state index in [4.69, 9.17) is 19.3 Å². The van der Waals surface area contributed by atoms with Gasteiger partial charge in [0.25, 0.3) is 0 Å². The summed E-state index contributed by atoms with van der Waals surface area (Å²) in [7, 11) is 0. The fourth-order valence-electron chi connectivity index (χ4n) is 1.85. The lowest BCUT2D eigenvalue weighted by Crippen LogP contribution is -2.12. The van der Waals surface area contributed by atoms with Crippen molar-refractivity contribution in [3.05, 3.63) is 24.3 Å². The minimum absolute atomic E-state index is 0.227. The van der Waals surface area contributed by atoms with Crippen molar-refractivity contribution in [2.24, 2.45) is 0 Å². The molecule has 1 aromatic carbocycles. The highest BCUT2D eigenvalue weighted by Gasteiger charge is 1.99. The second kappa shape index (κ2) is 11.5. The van der Waals surface area contributed by atoms with Crippen molar-refractivity contribution in [1.82, 2.24) is 0 Å². The number of rotatable bonds is 13. The summed E-state index contributed by atoms with van der Waals surface area (Å²) in [4.78, 5) is 21.0. The molecule has 0 heterocycles. The van der Waals surface area contributed by atoms with E-state index in [0.29, 0.717) is 25.4 Å². The Morgan fingerprint density at radius 1 is 0.913 bits per heavy atom. The minimum Gasteiger partial charge on any atom is -0.494 e. The summed E-state index contributed by atoms with van der Waals surface area (Å²) in [5.74, 6) is 0.687. The second-order valence-electron chi connectivity index (χ2n) is 5.13. The van der Waals surface area contributed by atoms with E-state index >= 15 is 0 Å². The lowest BCUT2D eigenvalue weighted by molar-refractivity contribution is -0.142. The van der Waals surface area contributed by atoms with Crippen LogP contribution in [0, 0.1) is 0 Å². The number of carboxylic acid groups (broad SMARTS) is 1. The van der Waals surface area contributed by atoms with Crippen LogP contribution in [0.2, 0.25) is 0 Å². The lowest BCUT2D eigenvalue weighted by atomic mass is 10.1. The van der Waals surface area contributed by atoms with E-state index in [1.165, 1.54) is 0 Å². The minimum atomic E-state index is -0.993. The zero-order valence-electron chi connectivity index (χ0n) is 13.5. The van der Waals surface area contributed by atoms with Crippen molar-refractivity contribution in [3.8, 4) is 11.5 Å². The maximum Gasteiger partial charge on any atom is 0.329 e. The van der Waals surface area contributed by atoms with E-state index in [-0.39, 0.29) is 19.0 Å². The maximum absolute atomic E-state index is 10.8. The van der Waals surface area contributed by atoms with E-state index in [1.807, 2.05) is 12.1 Å². The molecule has 0 fully saturated rings. The second-order valence-corrected chi connectivity index (χ2v) is 5.13. The van der Waals surface area contributed by atoms with E-state index in [1.54, 1.807) is 19.1 Å². The van der Waals surface area contributed by atoms with Gasteiger partial charge in [-0.2, -0.15) is 0 Å².